The van der Waals surface area contributed by atoms with E-state index in [2.05, 4.69) is 40.1 Å². The first-order valence-electron chi connectivity index (χ1n) is 13.4. The molecule has 2 aliphatic heterocycles. The molecule has 1 aromatic carbocycles. The Balaban J connectivity index is 0.000000177. The van der Waals surface area contributed by atoms with Crippen LogP contribution in [0, 0.1) is 5.92 Å². The SMILES string of the molecule is C1CCC(CCCCCN2CCCCC2)CC1.c1ccc(CN2CCCCC2)cc1. The largest absolute Gasteiger partial charge is 0.303 e. The van der Waals surface area contributed by atoms with E-state index in [4.69, 9.17) is 0 Å². The van der Waals surface area contributed by atoms with Crippen LogP contribution < -0.4 is 0 Å². The van der Waals surface area contributed by atoms with Gasteiger partial charge in [-0.1, -0.05) is 94.5 Å². The van der Waals surface area contributed by atoms with Crippen molar-refractivity contribution in [2.24, 2.45) is 5.92 Å². The zero-order chi connectivity index (χ0) is 20.7. The predicted molar refractivity (Wildman–Crippen MR) is 131 cm³/mol. The molecular formula is C28H48N2. The van der Waals surface area contributed by atoms with Gasteiger partial charge in [-0.3, -0.25) is 4.90 Å². The Morgan fingerprint density at radius 1 is 0.600 bits per heavy atom. The summed E-state index contributed by atoms with van der Waals surface area (Å²) in [5.41, 5.74) is 1.45. The third-order valence-electron chi connectivity index (χ3n) is 7.46. The quantitative estimate of drug-likeness (QED) is 0.414. The van der Waals surface area contributed by atoms with Crippen molar-refractivity contribution in [3.8, 4) is 0 Å². The minimum Gasteiger partial charge on any atom is -0.303 e. The highest BCUT2D eigenvalue weighted by atomic mass is 15.1. The lowest BCUT2D eigenvalue weighted by molar-refractivity contribution is 0.221. The van der Waals surface area contributed by atoms with Gasteiger partial charge in [-0.2, -0.15) is 0 Å². The molecule has 1 aliphatic carbocycles. The van der Waals surface area contributed by atoms with Crippen molar-refractivity contribution in [2.45, 2.75) is 103 Å². The predicted octanol–water partition coefficient (Wildman–Crippen LogP) is 7.29. The summed E-state index contributed by atoms with van der Waals surface area (Å²) in [6.07, 6.45) is 22.1. The summed E-state index contributed by atoms with van der Waals surface area (Å²) in [7, 11) is 0. The van der Waals surface area contributed by atoms with Crippen LogP contribution in [0.5, 0.6) is 0 Å². The summed E-state index contributed by atoms with van der Waals surface area (Å²) in [5, 5.41) is 0. The van der Waals surface area contributed by atoms with Crippen molar-refractivity contribution in [3.63, 3.8) is 0 Å². The smallest absolute Gasteiger partial charge is 0.0233 e. The normalized spacial score (nSPS) is 21.7. The highest BCUT2D eigenvalue weighted by molar-refractivity contribution is 5.14. The van der Waals surface area contributed by atoms with Crippen LogP contribution in [0.25, 0.3) is 0 Å². The van der Waals surface area contributed by atoms with Crippen LogP contribution in [0.2, 0.25) is 0 Å². The summed E-state index contributed by atoms with van der Waals surface area (Å²) in [6, 6.07) is 10.8. The maximum absolute atomic E-state index is 2.68. The monoisotopic (exact) mass is 412 g/mol. The molecule has 2 heteroatoms. The van der Waals surface area contributed by atoms with Gasteiger partial charge in [0.2, 0.25) is 0 Å². The molecule has 1 aromatic rings. The first-order valence-corrected chi connectivity index (χ1v) is 13.4. The molecule has 30 heavy (non-hydrogen) atoms. The van der Waals surface area contributed by atoms with Crippen LogP contribution in [0.1, 0.15) is 102 Å². The van der Waals surface area contributed by atoms with Crippen LogP contribution in [0.3, 0.4) is 0 Å². The van der Waals surface area contributed by atoms with E-state index in [0.29, 0.717) is 0 Å². The molecule has 0 amide bonds. The van der Waals surface area contributed by atoms with Crippen LogP contribution >= 0.6 is 0 Å². The molecule has 1 saturated carbocycles. The van der Waals surface area contributed by atoms with Crippen molar-refractivity contribution >= 4 is 0 Å². The second-order valence-electron chi connectivity index (χ2n) is 10.1. The number of nitrogens with zero attached hydrogens (tertiary/aromatic N) is 2. The lowest BCUT2D eigenvalue weighted by atomic mass is 9.85. The average molecular weight is 413 g/mol. The van der Waals surface area contributed by atoms with Crippen molar-refractivity contribution in [2.75, 3.05) is 32.7 Å². The van der Waals surface area contributed by atoms with Crippen molar-refractivity contribution in [1.29, 1.82) is 0 Å². The number of piperidine rings is 2. The van der Waals surface area contributed by atoms with E-state index in [-0.39, 0.29) is 0 Å². The molecule has 3 aliphatic rings. The second kappa shape index (κ2) is 15.0. The highest BCUT2D eigenvalue weighted by Gasteiger charge is 2.13. The number of unbranched alkanes of at least 4 members (excludes halogenated alkanes) is 2. The fraction of sp³-hybridized carbons (Fsp3) is 0.786. The molecule has 170 valence electrons. The van der Waals surface area contributed by atoms with E-state index in [1.54, 1.807) is 0 Å². The van der Waals surface area contributed by atoms with E-state index in [9.17, 15) is 0 Å². The minimum absolute atomic E-state index is 1.10. The molecule has 2 nitrogen and oxygen atoms in total. The number of hydrogen-bond acceptors (Lipinski definition) is 2. The Morgan fingerprint density at radius 2 is 1.20 bits per heavy atom. The van der Waals surface area contributed by atoms with Gasteiger partial charge < -0.3 is 4.90 Å². The number of hydrogen-bond donors (Lipinski definition) is 0. The summed E-state index contributed by atoms with van der Waals surface area (Å²) in [4.78, 5) is 5.24. The van der Waals surface area contributed by atoms with Crippen molar-refractivity contribution in [3.05, 3.63) is 35.9 Å². The Morgan fingerprint density at radius 3 is 1.87 bits per heavy atom. The minimum atomic E-state index is 1.10. The van der Waals surface area contributed by atoms with Gasteiger partial charge in [-0.05, 0) is 76.3 Å². The molecule has 0 aromatic heterocycles. The van der Waals surface area contributed by atoms with Gasteiger partial charge in [0.05, 0.1) is 0 Å². The molecular weight excluding hydrogens is 364 g/mol. The van der Waals surface area contributed by atoms with Crippen molar-refractivity contribution < 1.29 is 0 Å². The maximum Gasteiger partial charge on any atom is 0.0233 e. The zero-order valence-electron chi connectivity index (χ0n) is 19.7. The number of benzene rings is 1. The fourth-order valence-electron chi connectivity index (χ4n) is 5.56. The lowest BCUT2D eigenvalue weighted by Crippen LogP contribution is -2.30. The van der Waals surface area contributed by atoms with E-state index in [1.807, 2.05) is 0 Å². The van der Waals surface area contributed by atoms with Crippen molar-refractivity contribution in [1.82, 2.24) is 9.80 Å². The van der Waals surface area contributed by atoms with Gasteiger partial charge >= 0.3 is 0 Å². The van der Waals surface area contributed by atoms with Gasteiger partial charge in [0.25, 0.3) is 0 Å². The van der Waals surface area contributed by atoms with Gasteiger partial charge in [-0.15, -0.1) is 0 Å². The Labute approximate surface area is 187 Å². The standard InChI is InChI=1S/C16H31N.C12H17N/c1-4-10-16(11-5-1)12-6-2-7-13-17-14-8-3-9-15-17;1-3-7-12(8-4-1)11-13-9-5-2-6-10-13/h16H,1-15H2;1,3-4,7-8H,2,5-6,9-11H2. The van der Waals surface area contributed by atoms with Gasteiger partial charge in [0, 0.05) is 6.54 Å². The van der Waals surface area contributed by atoms with Crippen LogP contribution in [0.15, 0.2) is 30.3 Å². The summed E-state index contributed by atoms with van der Waals surface area (Å²) >= 11 is 0. The Bertz CT molecular complexity index is 491. The second-order valence-corrected chi connectivity index (χ2v) is 10.1. The molecule has 4 rings (SSSR count). The molecule has 0 spiro atoms. The molecule has 0 atom stereocenters. The number of likely N-dealkylation sites (tertiary alicyclic amines) is 2. The molecule has 0 bridgehead atoms. The lowest BCUT2D eigenvalue weighted by Gasteiger charge is -2.26. The van der Waals surface area contributed by atoms with Gasteiger partial charge in [0.15, 0.2) is 0 Å². The van der Waals surface area contributed by atoms with E-state index >= 15 is 0 Å². The summed E-state index contributed by atoms with van der Waals surface area (Å²) in [5.74, 6) is 1.10. The Kier molecular flexibility index (Phi) is 11.9. The topological polar surface area (TPSA) is 6.48 Å². The highest BCUT2D eigenvalue weighted by Crippen LogP contribution is 2.28. The van der Waals surface area contributed by atoms with E-state index < -0.39 is 0 Å². The van der Waals surface area contributed by atoms with E-state index in [0.717, 1.165) is 12.5 Å². The average Bonchev–Trinajstić information content (AvgIpc) is 2.82. The maximum atomic E-state index is 2.68. The first-order chi connectivity index (χ1) is 14.9. The third kappa shape index (κ3) is 9.96. The van der Waals surface area contributed by atoms with Crippen LogP contribution in [-0.4, -0.2) is 42.5 Å². The zero-order valence-corrected chi connectivity index (χ0v) is 19.7. The molecule has 2 saturated heterocycles. The van der Waals surface area contributed by atoms with Crippen LogP contribution in [-0.2, 0) is 6.54 Å². The summed E-state index contributed by atoms with van der Waals surface area (Å²) in [6.45, 7) is 7.85. The fourth-order valence-corrected chi connectivity index (χ4v) is 5.56. The Hall–Kier alpha value is -0.860. The number of rotatable bonds is 8. The van der Waals surface area contributed by atoms with Crippen LogP contribution in [0.4, 0.5) is 0 Å². The van der Waals surface area contributed by atoms with E-state index in [1.165, 1.54) is 135 Å². The first kappa shape index (κ1) is 23.8. The molecule has 3 fully saturated rings. The molecule has 0 N–H and O–H groups in total. The van der Waals surface area contributed by atoms with Gasteiger partial charge in [0.1, 0.15) is 0 Å². The molecule has 0 unspecified atom stereocenters. The molecule has 0 radical (unpaired) electrons. The third-order valence-corrected chi connectivity index (χ3v) is 7.46. The molecule has 2 heterocycles. The summed E-state index contributed by atoms with van der Waals surface area (Å²) < 4.78 is 0. The van der Waals surface area contributed by atoms with Gasteiger partial charge in [-0.25, -0.2) is 0 Å².